The molecule has 1 heterocycles. The van der Waals surface area contributed by atoms with E-state index < -0.39 is 28.0 Å². The summed E-state index contributed by atoms with van der Waals surface area (Å²) in [6, 6.07) is 9.17. The van der Waals surface area contributed by atoms with Gasteiger partial charge in [-0.25, -0.2) is 13.2 Å². The van der Waals surface area contributed by atoms with Gasteiger partial charge in [0, 0.05) is 18.8 Å². The normalized spacial score (nSPS) is 15.3. The summed E-state index contributed by atoms with van der Waals surface area (Å²) in [5.41, 5.74) is 1.17. The standard InChI is InChI=1S/C23H28N2O8S/c1-15-5-7-18(14-21(15)34(28,29)25-9-11-32-12-10-25)24-22(26)16(2)33-19-8-6-17(23(27)31-4)13-20(19)30-3/h5-8,13-14,16H,9-12H2,1-4H3,(H,24,26). The molecule has 0 aromatic heterocycles. The van der Waals surface area contributed by atoms with Gasteiger partial charge in [-0.05, 0) is 49.7 Å². The average molecular weight is 493 g/mol. The number of hydrogen-bond acceptors (Lipinski definition) is 8. The number of nitrogens with zero attached hydrogens (tertiary/aromatic N) is 1. The number of sulfonamides is 1. The van der Waals surface area contributed by atoms with Crippen molar-refractivity contribution in [3.05, 3.63) is 47.5 Å². The summed E-state index contributed by atoms with van der Waals surface area (Å²) in [5, 5.41) is 2.69. The summed E-state index contributed by atoms with van der Waals surface area (Å²) in [6.45, 7) is 4.48. The number of aryl methyl sites for hydroxylation is 1. The van der Waals surface area contributed by atoms with Crippen LogP contribution in [0.15, 0.2) is 41.3 Å². The summed E-state index contributed by atoms with van der Waals surface area (Å²) < 4.78 is 48.4. The number of hydrogen-bond donors (Lipinski definition) is 1. The zero-order valence-electron chi connectivity index (χ0n) is 19.5. The van der Waals surface area contributed by atoms with Crippen molar-refractivity contribution in [1.82, 2.24) is 4.31 Å². The summed E-state index contributed by atoms with van der Waals surface area (Å²) in [5.74, 6) is -0.496. The lowest BCUT2D eigenvalue weighted by atomic mass is 10.2. The number of rotatable bonds is 8. The van der Waals surface area contributed by atoms with Crippen molar-refractivity contribution in [3.63, 3.8) is 0 Å². The maximum Gasteiger partial charge on any atom is 0.337 e. The zero-order chi connectivity index (χ0) is 24.9. The van der Waals surface area contributed by atoms with E-state index in [4.69, 9.17) is 18.9 Å². The van der Waals surface area contributed by atoms with Crippen LogP contribution in [0.4, 0.5) is 5.69 Å². The number of carbonyl (C=O) groups is 2. The largest absolute Gasteiger partial charge is 0.493 e. The Labute approximate surface area is 198 Å². The van der Waals surface area contributed by atoms with Gasteiger partial charge in [-0.2, -0.15) is 4.31 Å². The Morgan fingerprint density at radius 3 is 2.41 bits per heavy atom. The summed E-state index contributed by atoms with van der Waals surface area (Å²) >= 11 is 0. The molecule has 1 saturated heterocycles. The first-order valence-electron chi connectivity index (χ1n) is 10.6. The Morgan fingerprint density at radius 2 is 1.76 bits per heavy atom. The first-order chi connectivity index (χ1) is 16.2. The van der Waals surface area contributed by atoms with E-state index in [1.807, 2.05) is 0 Å². The second-order valence-corrected chi connectivity index (χ2v) is 9.51. The van der Waals surface area contributed by atoms with E-state index in [-0.39, 0.29) is 35.0 Å². The van der Waals surface area contributed by atoms with Gasteiger partial charge in [0.2, 0.25) is 10.0 Å². The van der Waals surface area contributed by atoms with Crippen LogP contribution in [0.2, 0.25) is 0 Å². The van der Waals surface area contributed by atoms with Crippen LogP contribution >= 0.6 is 0 Å². The minimum absolute atomic E-state index is 0.126. The SMILES string of the molecule is COC(=O)c1ccc(OC(C)C(=O)Nc2ccc(C)c(S(=O)(=O)N3CCOCC3)c2)c(OC)c1. The number of ether oxygens (including phenoxy) is 4. The Bertz CT molecular complexity index is 1160. The predicted octanol–water partition coefficient (Wildman–Crippen LogP) is 2.22. The fourth-order valence-electron chi connectivity index (χ4n) is 3.38. The maximum atomic E-state index is 13.1. The van der Waals surface area contributed by atoms with Gasteiger partial charge in [0.15, 0.2) is 17.6 Å². The number of nitrogens with one attached hydrogen (secondary N) is 1. The first kappa shape index (κ1) is 25.5. The third-order valence-corrected chi connectivity index (χ3v) is 7.34. The number of esters is 1. The molecule has 2 aromatic rings. The van der Waals surface area contributed by atoms with Crippen molar-refractivity contribution >= 4 is 27.6 Å². The molecule has 1 aliphatic heterocycles. The number of morpholine rings is 1. The van der Waals surface area contributed by atoms with E-state index in [2.05, 4.69) is 5.32 Å². The smallest absolute Gasteiger partial charge is 0.337 e. The van der Waals surface area contributed by atoms with Crippen molar-refractivity contribution < 1.29 is 37.0 Å². The van der Waals surface area contributed by atoms with Crippen LogP contribution in [0.5, 0.6) is 11.5 Å². The molecule has 0 radical (unpaired) electrons. The van der Waals surface area contributed by atoms with Gasteiger partial charge in [0.1, 0.15) is 0 Å². The van der Waals surface area contributed by atoms with E-state index in [0.717, 1.165) is 0 Å². The average Bonchev–Trinajstić information content (AvgIpc) is 2.85. The molecule has 1 fully saturated rings. The van der Waals surface area contributed by atoms with Crippen LogP contribution < -0.4 is 14.8 Å². The molecular formula is C23H28N2O8S. The van der Waals surface area contributed by atoms with Crippen molar-refractivity contribution in [2.45, 2.75) is 24.8 Å². The topological polar surface area (TPSA) is 120 Å². The molecule has 2 aromatic carbocycles. The second-order valence-electron chi connectivity index (χ2n) is 7.60. The maximum absolute atomic E-state index is 13.1. The van der Waals surface area contributed by atoms with Crippen LogP contribution in [0.25, 0.3) is 0 Å². The lowest BCUT2D eigenvalue weighted by Crippen LogP contribution is -2.40. The van der Waals surface area contributed by atoms with E-state index in [0.29, 0.717) is 24.5 Å². The van der Waals surface area contributed by atoms with Gasteiger partial charge in [-0.1, -0.05) is 6.07 Å². The molecule has 11 heteroatoms. The van der Waals surface area contributed by atoms with Crippen LogP contribution in [0.3, 0.4) is 0 Å². The Hall–Kier alpha value is -3.15. The number of methoxy groups -OCH3 is 2. The van der Waals surface area contributed by atoms with Crippen molar-refractivity contribution in [3.8, 4) is 11.5 Å². The third-order valence-electron chi connectivity index (χ3n) is 5.30. The zero-order valence-corrected chi connectivity index (χ0v) is 20.3. The van der Waals surface area contributed by atoms with Gasteiger partial charge < -0.3 is 24.3 Å². The van der Waals surface area contributed by atoms with Gasteiger partial charge in [-0.3, -0.25) is 4.79 Å². The number of carbonyl (C=O) groups excluding carboxylic acids is 2. The molecule has 1 unspecified atom stereocenters. The third kappa shape index (κ3) is 5.66. The second kappa shape index (κ2) is 10.9. The Kier molecular flexibility index (Phi) is 8.13. The molecule has 184 valence electrons. The molecule has 0 aliphatic carbocycles. The molecule has 34 heavy (non-hydrogen) atoms. The van der Waals surface area contributed by atoms with Crippen LogP contribution in [0, 0.1) is 6.92 Å². The number of anilines is 1. The Morgan fingerprint density at radius 1 is 1.06 bits per heavy atom. The van der Waals surface area contributed by atoms with E-state index >= 15 is 0 Å². The minimum Gasteiger partial charge on any atom is -0.493 e. The number of benzene rings is 2. The fourth-order valence-corrected chi connectivity index (χ4v) is 5.04. The van der Waals surface area contributed by atoms with Crippen LogP contribution in [-0.2, 0) is 24.3 Å². The van der Waals surface area contributed by atoms with Crippen LogP contribution in [0.1, 0.15) is 22.8 Å². The highest BCUT2D eigenvalue weighted by Crippen LogP contribution is 2.30. The molecule has 1 atom stereocenters. The molecule has 0 spiro atoms. The van der Waals surface area contributed by atoms with Crippen LogP contribution in [-0.4, -0.2) is 71.2 Å². The highest BCUT2D eigenvalue weighted by Gasteiger charge is 2.28. The molecule has 1 aliphatic rings. The van der Waals surface area contributed by atoms with Crippen molar-refractivity contribution in [2.75, 3.05) is 45.8 Å². The highest BCUT2D eigenvalue weighted by atomic mass is 32.2. The van der Waals surface area contributed by atoms with Crippen molar-refractivity contribution in [1.29, 1.82) is 0 Å². The molecule has 3 rings (SSSR count). The predicted molar refractivity (Wildman–Crippen MR) is 124 cm³/mol. The summed E-state index contributed by atoms with van der Waals surface area (Å²) in [6.07, 6.45) is -0.946. The molecule has 1 N–H and O–H groups in total. The number of amides is 1. The van der Waals surface area contributed by atoms with E-state index in [1.165, 1.54) is 42.8 Å². The van der Waals surface area contributed by atoms with Gasteiger partial charge in [0.05, 0.1) is 37.9 Å². The fraction of sp³-hybridized carbons (Fsp3) is 0.391. The summed E-state index contributed by atoms with van der Waals surface area (Å²) in [7, 11) is -1.04. The highest BCUT2D eigenvalue weighted by molar-refractivity contribution is 7.89. The summed E-state index contributed by atoms with van der Waals surface area (Å²) in [4.78, 5) is 24.6. The Balaban J connectivity index is 1.74. The molecule has 0 saturated carbocycles. The van der Waals surface area contributed by atoms with Gasteiger partial charge in [0.25, 0.3) is 5.91 Å². The van der Waals surface area contributed by atoms with Gasteiger partial charge in [-0.15, -0.1) is 0 Å². The minimum atomic E-state index is -3.73. The molecule has 10 nitrogen and oxygen atoms in total. The molecule has 0 bridgehead atoms. The monoisotopic (exact) mass is 492 g/mol. The first-order valence-corrected chi connectivity index (χ1v) is 12.0. The van der Waals surface area contributed by atoms with Gasteiger partial charge >= 0.3 is 5.97 Å². The molecular weight excluding hydrogens is 464 g/mol. The van der Waals surface area contributed by atoms with E-state index in [1.54, 1.807) is 26.0 Å². The van der Waals surface area contributed by atoms with E-state index in [9.17, 15) is 18.0 Å². The quantitative estimate of drug-likeness (QED) is 0.557. The van der Waals surface area contributed by atoms with Crippen molar-refractivity contribution in [2.24, 2.45) is 0 Å². The lowest BCUT2D eigenvalue weighted by Gasteiger charge is -2.27. The molecule has 1 amide bonds. The lowest BCUT2D eigenvalue weighted by molar-refractivity contribution is -0.122.